The minimum Gasteiger partial charge on any atom is -0.385 e. The Morgan fingerprint density at radius 3 is 2.89 bits per heavy atom. The van der Waals surface area contributed by atoms with E-state index in [9.17, 15) is 4.39 Å². The van der Waals surface area contributed by atoms with Crippen molar-refractivity contribution in [3.8, 4) is 0 Å². The van der Waals surface area contributed by atoms with Crippen LogP contribution in [0, 0.1) is 11.2 Å². The molecular formula is C20H28FN5O2. The Morgan fingerprint density at radius 2 is 2.18 bits per heavy atom. The summed E-state index contributed by atoms with van der Waals surface area (Å²) in [5, 5.41) is 15.1. The number of nitrogens with one attached hydrogen (secondary N) is 2. The quantitative estimate of drug-likeness (QED) is 0.499. The minimum absolute atomic E-state index is 0.253. The lowest BCUT2D eigenvalue weighted by molar-refractivity contribution is 0.152. The summed E-state index contributed by atoms with van der Waals surface area (Å²) in [6.45, 7) is 5.73. The monoisotopic (exact) mass is 389 g/mol. The van der Waals surface area contributed by atoms with E-state index in [-0.39, 0.29) is 11.7 Å². The predicted octanol–water partition coefficient (Wildman–Crippen LogP) is 3.95. The molecule has 7 nitrogen and oxygen atoms in total. The highest BCUT2D eigenvalue weighted by molar-refractivity contribution is 6.03. The maximum Gasteiger partial charge on any atom is 0.267 e. The van der Waals surface area contributed by atoms with Gasteiger partial charge in [-0.1, -0.05) is 6.92 Å². The molecule has 2 aromatic rings. The van der Waals surface area contributed by atoms with E-state index < -0.39 is 0 Å². The minimum atomic E-state index is -0.371. The highest BCUT2D eigenvalue weighted by atomic mass is 19.1. The average Bonchev–Trinajstić information content (AvgIpc) is 3.18. The first-order valence-corrected chi connectivity index (χ1v) is 9.80. The van der Waals surface area contributed by atoms with Crippen molar-refractivity contribution in [2.75, 3.05) is 38.7 Å². The number of halogens is 1. The number of hydrogen-bond donors (Lipinski definition) is 2. The van der Waals surface area contributed by atoms with Crippen molar-refractivity contribution < 1.29 is 13.7 Å². The van der Waals surface area contributed by atoms with E-state index in [1.165, 1.54) is 12.1 Å². The Kier molecular flexibility index (Phi) is 7.11. The standard InChI is InChI=1S/C20H28FN5O2/c1-3-17(22)16-13-15(21)5-6-18(16)23-20-24-19(28-25-20)14-7-10-26(11-8-14)9-4-12-27-2/h5-6,13-14,22H,3-4,7-12H2,1-2H3,(H,23,25). The van der Waals surface area contributed by atoms with E-state index in [1.807, 2.05) is 6.92 Å². The molecule has 1 saturated heterocycles. The third-order valence-electron chi connectivity index (χ3n) is 5.11. The summed E-state index contributed by atoms with van der Waals surface area (Å²) >= 11 is 0. The van der Waals surface area contributed by atoms with Gasteiger partial charge in [0.2, 0.25) is 5.89 Å². The zero-order valence-electron chi connectivity index (χ0n) is 16.5. The van der Waals surface area contributed by atoms with Crippen LogP contribution in [0.4, 0.5) is 16.0 Å². The van der Waals surface area contributed by atoms with Crippen molar-refractivity contribution in [1.29, 1.82) is 5.41 Å². The Balaban J connectivity index is 1.60. The van der Waals surface area contributed by atoms with E-state index in [2.05, 4.69) is 20.4 Å². The van der Waals surface area contributed by atoms with Crippen molar-refractivity contribution >= 4 is 17.3 Å². The molecule has 1 aromatic heterocycles. The lowest BCUT2D eigenvalue weighted by Gasteiger charge is -2.30. The third-order valence-corrected chi connectivity index (χ3v) is 5.11. The molecule has 2 N–H and O–H groups in total. The van der Waals surface area contributed by atoms with Crippen molar-refractivity contribution in [2.24, 2.45) is 0 Å². The molecule has 0 bridgehead atoms. The van der Waals surface area contributed by atoms with E-state index >= 15 is 0 Å². The zero-order chi connectivity index (χ0) is 19.9. The molecule has 0 atom stereocenters. The molecule has 1 aliphatic rings. The maximum atomic E-state index is 13.6. The topological polar surface area (TPSA) is 87.3 Å². The van der Waals surface area contributed by atoms with Crippen molar-refractivity contribution in [3.63, 3.8) is 0 Å². The summed E-state index contributed by atoms with van der Waals surface area (Å²) in [5.74, 6) is 0.857. The van der Waals surface area contributed by atoms with E-state index in [0.717, 1.165) is 45.5 Å². The van der Waals surface area contributed by atoms with Gasteiger partial charge in [-0.15, -0.1) is 0 Å². The third kappa shape index (κ3) is 5.14. The second kappa shape index (κ2) is 9.75. The van der Waals surface area contributed by atoms with Gasteiger partial charge in [-0.3, -0.25) is 0 Å². The maximum absolute atomic E-state index is 13.6. The molecule has 1 aliphatic heterocycles. The van der Waals surface area contributed by atoms with Crippen LogP contribution in [0.5, 0.6) is 0 Å². The Bertz CT molecular complexity index is 787. The van der Waals surface area contributed by atoms with Gasteiger partial charge in [-0.25, -0.2) is 4.39 Å². The normalized spacial score (nSPS) is 15.7. The fourth-order valence-corrected chi connectivity index (χ4v) is 3.47. The first-order chi connectivity index (χ1) is 13.6. The Labute approximate surface area is 164 Å². The number of anilines is 2. The number of rotatable bonds is 9. The molecule has 8 heteroatoms. The van der Waals surface area contributed by atoms with E-state index in [0.29, 0.717) is 35.2 Å². The van der Waals surface area contributed by atoms with Gasteiger partial charge < -0.3 is 24.9 Å². The number of likely N-dealkylation sites (tertiary alicyclic amines) is 1. The molecule has 1 aromatic carbocycles. The number of methoxy groups -OCH3 is 1. The fraction of sp³-hybridized carbons (Fsp3) is 0.550. The van der Waals surface area contributed by atoms with Crippen LogP contribution in [0.1, 0.15) is 50.0 Å². The molecule has 0 radical (unpaired) electrons. The van der Waals surface area contributed by atoms with Crippen LogP contribution in [0.2, 0.25) is 0 Å². The van der Waals surface area contributed by atoms with Gasteiger partial charge in [0.1, 0.15) is 5.82 Å². The SMILES string of the molecule is CCC(=N)c1cc(F)ccc1Nc1noc(C2CCN(CCCOC)CC2)n1. The molecule has 0 unspecified atom stereocenters. The molecule has 0 aliphatic carbocycles. The van der Waals surface area contributed by atoms with Crippen LogP contribution in [0.3, 0.4) is 0 Å². The molecule has 2 heterocycles. The van der Waals surface area contributed by atoms with Gasteiger partial charge in [-0.2, -0.15) is 4.98 Å². The largest absolute Gasteiger partial charge is 0.385 e. The summed E-state index contributed by atoms with van der Waals surface area (Å²) in [6.07, 6.45) is 3.52. The predicted molar refractivity (Wildman–Crippen MR) is 106 cm³/mol. The van der Waals surface area contributed by atoms with E-state index in [1.54, 1.807) is 13.2 Å². The second-order valence-corrected chi connectivity index (χ2v) is 7.07. The number of benzene rings is 1. The first kappa shape index (κ1) is 20.4. The number of hydrogen-bond acceptors (Lipinski definition) is 7. The van der Waals surface area contributed by atoms with Crippen LogP contribution in [0.25, 0.3) is 0 Å². The second-order valence-electron chi connectivity index (χ2n) is 7.07. The number of nitrogens with zero attached hydrogens (tertiary/aromatic N) is 3. The van der Waals surface area contributed by atoms with Crippen LogP contribution >= 0.6 is 0 Å². The lowest BCUT2D eigenvalue weighted by atomic mass is 9.97. The van der Waals surface area contributed by atoms with Crippen LogP contribution in [-0.2, 0) is 4.74 Å². The summed E-state index contributed by atoms with van der Waals surface area (Å²) < 4.78 is 24.2. The van der Waals surface area contributed by atoms with Gasteiger partial charge in [-0.05, 0) is 62.1 Å². The first-order valence-electron chi connectivity index (χ1n) is 9.80. The fourth-order valence-electron chi connectivity index (χ4n) is 3.47. The molecule has 3 rings (SSSR count). The number of piperidine rings is 1. The molecule has 1 fully saturated rings. The smallest absolute Gasteiger partial charge is 0.267 e. The van der Waals surface area contributed by atoms with Crippen LogP contribution in [0.15, 0.2) is 22.7 Å². The Morgan fingerprint density at radius 1 is 1.39 bits per heavy atom. The number of aromatic nitrogens is 2. The van der Waals surface area contributed by atoms with Gasteiger partial charge in [0.15, 0.2) is 0 Å². The highest BCUT2D eigenvalue weighted by Crippen LogP contribution is 2.28. The molecule has 0 amide bonds. The molecule has 0 saturated carbocycles. The number of ether oxygens (including phenoxy) is 1. The van der Waals surface area contributed by atoms with Gasteiger partial charge in [0, 0.05) is 37.5 Å². The van der Waals surface area contributed by atoms with Crippen LogP contribution in [-0.4, -0.2) is 54.1 Å². The van der Waals surface area contributed by atoms with Crippen molar-refractivity contribution in [2.45, 2.75) is 38.5 Å². The summed E-state index contributed by atoms with van der Waals surface area (Å²) in [4.78, 5) is 6.92. The molecule has 28 heavy (non-hydrogen) atoms. The van der Waals surface area contributed by atoms with Gasteiger partial charge in [0.05, 0.1) is 5.69 Å². The van der Waals surface area contributed by atoms with Crippen molar-refractivity contribution in [1.82, 2.24) is 15.0 Å². The lowest BCUT2D eigenvalue weighted by Crippen LogP contribution is -2.34. The summed E-state index contributed by atoms with van der Waals surface area (Å²) in [7, 11) is 1.73. The highest BCUT2D eigenvalue weighted by Gasteiger charge is 2.25. The van der Waals surface area contributed by atoms with Crippen molar-refractivity contribution in [3.05, 3.63) is 35.5 Å². The summed E-state index contributed by atoms with van der Waals surface area (Å²) in [5.41, 5.74) is 1.47. The summed E-state index contributed by atoms with van der Waals surface area (Å²) in [6, 6.07) is 4.31. The average molecular weight is 389 g/mol. The Hall–Kier alpha value is -2.32. The van der Waals surface area contributed by atoms with Gasteiger partial charge in [0.25, 0.3) is 5.95 Å². The zero-order valence-corrected chi connectivity index (χ0v) is 16.5. The van der Waals surface area contributed by atoms with Gasteiger partial charge >= 0.3 is 0 Å². The van der Waals surface area contributed by atoms with Crippen LogP contribution < -0.4 is 5.32 Å². The molecule has 152 valence electrons. The van der Waals surface area contributed by atoms with E-state index in [4.69, 9.17) is 14.7 Å². The molecule has 0 spiro atoms. The molecular weight excluding hydrogens is 361 g/mol.